The summed E-state index contributed by atoms with van der Waals surface area (Å²) in [6.07, 6.45) is 3.37. The highest BCUT2D eigenvalue weighted by atomic mass is 32.1. The number of nitrogens with two attached hydrogens (primary N) is 1. The van der Waals surface area contributed by atoms with Crippen LogP contribution in [0.4, 0.5) is 11.6 Å². The van der Waals surface area contributed by atoms with E-state index in [0.717, 1.165) is 27.3 Å². The fraction of sp³-hybridized carbons (Fsp3) is 0. The van der Waals surface area contributed by atoms with Crippen LogP contribution in [0.25, 0.3) is 39.1 Å². The minimum atomic E-state index is 0.126. The van der Waals surface area contributed by atoms with E-state index in [1.165, 1.54) is 11.3 Å². The average molecular weight is 487 g/mol. The van der Waals surface area contributed by atoms with Gasteiger partial charge in [-0.25, -0.2) is 4.98 Å². The van der Waals surface area contributed by atoms with Crippen molar-refractivity contribution in [1.82, 2.24) is 24.7 Å². The van der Waals surface area contributed by atoms with Gasteiger partial charge < -0.3 is 5.73 Å². The van der Waals surface area contributed by atoms with Crippen LogP contribution in [0.1, 0.15) is 5.56 Å². The van der Waals surface area contributed by atoms with Crippen molar-refractivity contribution in [2.24, 2.45) is 4.99 Å². The number of rotatable bonds is 4. The van der Waals surface area contributed by atoms with E-state index in [0.29, 0.717) is 22.4 Å². The van der Waals surface area contributed by atoms with Gasteiger partial charge in [-0.15, -0.1) is 11.3 Å². The summed E-state index contributed by atoms with van der Waals surface area (Å²) in [6.45, 7) is 0. The van der Waals surface area contributed by atoms with Crippen molar-refractivity contribution in [3.8, 4) is 34.1 Å². The lowest BCUT2D eigenvalue weighted by Crippen LogP contribution is -2.13. The molecular formula is C27H18N8S. The largest absolute Gasteiger partial charge is 0.383 e. The van der Waals surface area contributed by atoms with Gasteiger partial charge in [0.25, 0.3) is 0 Å². The third kappa shape index (κ3) is 3.62. The van der Waals surface area contributed by atoms with Gasteiger partial charge in [-0.3, -0.25) is 14.6 Å². The van der Waals surface area contributed by atoms with Crippen LogP contribution in [0.15, 0.2) is 95.6 Å². The smallest absolute Gasteiger partial charge is 0.196 e. The number of para-hydroxylation sites is 1. The maximum Gasteiger partial charge on any atom is 0.196 e. The molecule has 0 spiro atoms. The Hall–Kier alpha value is -5.07. The number of benzene rings is 2. The van der Waals surface area contributed by atoms with E-state index in [4.69, 9.17) is 10.7 Å². The maximum atomic E-state index is 9.91. The highest BCUT2D eigenvalue weighted by molar-refractivity contribution is 7.07. The van der Waals surface area contributed by atoms with Gasteiger partial charge in [0, 0.05) is 34.6 Å². The number of thiazole rings is 1. The lowest BCUT2D eigenvalue weighted by Gasteiger charge is -2.09. The van der Waals surface area contributed by atoms with E-state index >= 15 is 0 Å². The molecule has 6 aromatic rings. The number of aromatic nitrogens is 5. The molecule has 0 amide bonds. The Morgan fingerprint density at radius 2 is 1.72 bits per heavy atom. The van der Waals surface area contributed by atoms with E-state index in [1.807, 2.05) is 60.7 Å². The Kier molecular flexibility index (Phi) is 5.33. The molecule has 9 heteroatoms. The van der Waals surface area contributed by atoms with E-state index in [2.05, 4.69) is 48.3 Å². The van der Waals surface area contributed by atoms with Crippen molar-refractivity contribution < 1.29 is 0 Å². The second-order valence-electron chi connectivity index (χ2n) is 7.92. The lowest BCUT2D eigenvalue weighted by atomic mass is 9.99. The minimum absolute atomic E-state index is 0.126. The quantitative estimate of drug-likeness (QED) is 0.354. The zero-order valence-corrected chi connectivity index (χ0v) is 19.6. The van der Waals surface area contributed by atoms with Crippen LogP contribution in [0.3, 0.4) is 0 Å². The molecular weight excluding hydrogens is 468 g/mol. The number of aromatic amines is 1. The summed E-state index contributed by atoms with van der Waals surface area (Å²) in [7, 11) is 0. The van der Waals surface area contributed by atoms with E-state index in [1.54, 1.807) is 12.4 Å². The lowest BCUT2D eigenvalue weighted by molar-refractivity contribution is 0.996. The van der Waals surface area contributed by atoms with E-state index in [-0.39, 0.29) is 11.4 Å². The summed E-state index contributed by atoms with van der Waals surface area (Å²) in [5.41, 5.74) is 11.2. The molecule has 0 aliphatic rings. The highest BCUT2D eigenvalue weighted by Gasteiger charge is 2.21. The van der Waals surface area contributed by atoms with Crippen LogP contribution in [-0.2, 0) is 0 Å². The SMILES string of the molecule is N#Cc1c(N)nc2[nH]nc(N=c3scc(-c4ccccc4)n3-c3ccccc3)c2c1-c1cccnc1. The zero-order valence-electron chi connectivity index (χ0n) is 18.8. The first kappa shape index (κ1) is 21.5. The number of hydrogen-bond donors (Lipinski definition) is 2. The van der Waals surface area contributed by atoms with Gasteiger partial charge in [-0.05, 0) is 23.8 Å². The van der Waals surface area contributed by atoms with Gasteiger partial charge in [0.05, 0.1) is 11.1 Å². The van der Waals surface area contributed by atoms with Gasteiger partial charge in [0.2, 0.25) is 0 Å². The van der Waals surface area contributed by atoms with Gasteiger partial charge in [-0.1, -0.05) is 54.6 Å². The first-order chi connectivity index (χ1) is 17.7. The zero-order chi connectivity index (χ0) is 24.5. The molecule has 0 saturated heterocycles. The molecule has 2 aromatic carbocycles. The van der Waals surface area contributed by atoms with Crippen molar-refractivity contribution in [3.05, 3.63) is 101 Å². The fourth-order valence-electron chi connectivity index (χ4n) is 4.17. The maximum absolute atomic E-state index is 9.91. The Balaban J connectivity index is 1.66. The fourth-order valence-corrected chi connectivity index (χ4v) is 5.08. The van der Waals surface area contributed by atoms with Gasteiger partial charge in [0.15, 0.2) is 16.3 Å². The molecule has 0 radical (unpaired) electrons. The number of pyridine rings is 2. The molecule has 0 saturated carbocycles. The molecule has 0 unspecified atom stereocenters. The van der Waals surface area contributed by atoms with Gasteiger partial charge >= 0.3 is 0 Å². The Morgan fingerprint density at radius 1 is 0.972 bits per heavy atom. The summed E-state index contributed by atoms with van der Waals surface area (Å²) in [5.74, 6) is 0.542. The van der Waals surface area contributed by atoms with Gasteiger partial charge in [-0.2, -0.15) is 15.4 Å². The summed E-state index contributed by atoms with van der Waals surface area (Å²) >= 11 is 1.51. The predicted molar refractivity (Wildman–Crippen MR) is 141 cm³/mol. The predicted octanol–water partition coefficient (Wildman–Crippen LogP) is 5.23. The molecule has 4 aromatic heterocycles. The van der Waals surface area contributed by atoms with Crippen molar-refractivity contribution in [1.29, 1.82) is 5.26 Å². The Labute approximate surface area is 209 Å². The molecule has 36 heavy (non-hydrogen) atoms. The molecule has 6 rings (SSSR count). The second kappa shape index (κ2) is 8.94. The number of nitrogens with zero attached hydrogens (tertiary/aromatic N) is 6. The standard InChI is InChI=1S/C27H18N8S/c28-14-20-22(18-10-7-13-30-15-18)23-25(31-24(20)29)33-34-26(23)32-27-35(19-11-5-2-6-12-19)21(16-36-27)17-8-3-1-4-9-17/h1-13,15-16H,(H3,29,31,33,34). The summed E-state index contributed by atoms with van der Waals surface area (Å²) in [6, 6.07) is 26.1. The van der Waals surface area contributed by atoms with E-state index < -0.39 is 0 Å². The first-order valence-electron chi connectivity index (χ1n) is 11.1. The van der Waals surface area contributed by atoms with Crippen LogP contribution >= 0.6 is 11.3 Å². The highest BCUT2D eigenvalue weighted by Crippen LogP contribution is 2.37. The average Bonchev–Trinajstić information content (AvgIpc) is 3.53. The molecule has 0 aliphatic heterocycles. The van der Waals surface area contributed by atoms with Crippen molar-refractivity contribution >= 4 is 34.0 Å². The van der Waals surface area contributed by atoms with Crippen molar-refractivity contribution in [3.63, 3.8) is 0 Å². The number of nitrogens with one attached hydrogen (secondary N) is 1. The molecule has 0 atom stereocenters. The number of nitrogen functional groups attached to an aromatic ring is 1. The Bertz CT molecular complexity index is 1790. The molecule has 4 heterocycles. The number of anilines is 1. The molecule has 0 fully saturated rings. The third-order valence-electron chi connectivity index (χ3n) is 5.77. The monoisotopic (exact) mass is 486 g/mol. The molecule has 3 N–H and O–H groups in total. The van der Waals surface area contributed by atoms with Crippen molar-refractivity contribution in [2.75, 3.05) is 5.73 Å². The normalized spacial score (nSPS) is 11.6. The second-order valence-corrected chi connectivity index (χ2v) is 8.76. The number of hydrogen-bond acceptors (Lipinski definition) is 7. The number of H-pyrrole nitrogens is 1. The van der Waals surface area contributed by atoms with Gasteiger partial charge in [0.1, 0.15) is 17.5 Å². The Morgan fingerprint density at radius 3 is 2.44 bits per heavy atom. The minimum Gasteiger partial charge on any atom is -0.383 e. The van der Waals surface area contributed by atoms with Crippen LogP contribution in [-0.4, -0.2) is 24.7 Å². The van der Waals surface area contributed by atoms with Crippen LogP contribution < -0.4 is 10.5 Å². The molecule has 172 valence electrons. The van der Waals surface area contributed by atoms with Crippen LogP contribution in [0, 0.1) is 11.3 Å². The number of nitriles is 1. The number of fused-ring (bicyclic) bond motifs is 1. The van der Waals surface area contributed by atoms with Crippen molar-refractivity contribution in [2.45, 2.75) is 0 Å². The topological polar surface area (TPSA) is 122 Å². The third-order valence-corrected chi connectivity index (χ3v) is 6.60. The first-order valence-corrected chi connectivity index (χ1v) is 12.0. The summed E-state index contributed by atoms with van der Waals surface area (Å²) in [4.78, 5) is 14.3. The van der Waals surface area contributed by atoms with E-state index in [9.17, 15) is 5.26 Å². The summed E-state index contributed by atoms with van der Waals surface area (Å²) in [5, 5.41) is 20.0. The summed E-state index contributed by atoms with van der Waals surface area (Å²) < 4.78 is 2.10. The molecule has 0 aliphatic carbocycles. The van der Waals surface area contributed by atoms with Crippen LogP contribution in [0.2, 0.25) is 0 Å². The molecule has 0 bridgehead atoms. The van der Waals surface area contributed by atoms with Crippen LogP contribution in [0.5, 0.6) is 0 Å². The molecule has 8 nitrogen and oxygen atoms in total.